The molecule has 0 spiro atoms. The van der Waals surface area contributed by atoms with E-state index in [2.05, 4.69) is 34.4 Å². The van der Waals surface area contributed by atoms with E-state index in [4.69, 9.17) is 11.6 Å². The van der Waals surface area contributed by atoms with E-state index >= 15 is 0 Å². The molecular formula is C12H17BrClNS. The highest BCUT2D eigenvalue weighted by atomic mass is 79.9. The lowest BCUT2D eigenvalue weighted by Crippen LogP contribution is -2.30. The molecule has 0 aliphatic heterocycles. The molecule has 0 bridgehead atoms. The predicted molar refractivity (Wildman–Crippen MR) is 78.5 cm³/mol. The van der Waals surface area contributed by atoms with Gasteiger partial charge >= 0.3 is 0 Å². The number of thioether (sulfide) groups is 1. The summed E-state index contributed by atoms with van der Waals surface area (Å²) in [6.45, 7) is 3.07. The molecule has 1 rings (SSSR count). The molecule has 0 heterocycles. The van der Waals surface area contributed by atoms with Crippen molar-refractivity contribution in [2.24, 2.45) is 0 Å². The smallest absolute Gasteiger partial charge is 0.0410 e. The summed E-state index contributed by atoms with van der Waals surface area (Å²) in [6.07, 6.45) is 3.29. The van der Waals surface area contributed by atoms with Crippen LogP contribution in [0, 0.1) is 0 Å². The van der Waals surface area contributed by atoms with Gasteiger partial charge in [0.05, 0.1) is 0 Å². The molecule has 0 amide bonds. The summed E-state index contributed by atoms with van der Waals surface area (Å²) in [5.74, 6) is 1.15. The van der Waals surface area contributed by atoms with Crippen molar-refractivity contribution in [1.29, 1.82) is 0 Å². The van der Waals surface area contributed by atoms with E-state index in [1.165, 1.54) is 5.56 Å². The van der Waals surface area contributed by atoms with Gasteiger partial charge in [-0.1, -0.05) is 34.5 Å². The van der Waals surface area contributed by atoms with Crippen LogP contribution in [-0.4, -0.2) is 18.1 Å². The van der Waals surface area contributed by atoms with Crippen LogP contribution in [0.4, 0.5) is 0 Å². The maximum Gasteiger partial charge on any atom is 0.0410 e. The quantitative estimate of drug-likeness (QED) is 0.836. The second-order valence-corrected chi connectivity index (χ2v) is 5.88. The number of benzene rings is 1. The first-order valence-corrected chi connectivity index (χ1v) is 7.90. The molecule has 0 radical (unpaired) electrons. The molecule has 0 fully saturated rings. The second kappa shape index (κ2) is 7.59. The molecular weight excluding hydrogens is 306 g/mol. The lowest BCUT2D eigenvalue weighted by molar-refractivity contribution is 0.540. The zero-order valence-corrected chi connectivity index (χ0v) is 12.8. The number of rotatable bonds is 6. The Kier molecular flexibility index (Phi) is 6.81. The molecule has 1 atom stereocenters. The van der Waals surface area contributed by atoms with Gasteiger partial charge in [-0.15, -0.1) is 0 Å². The average molecular weight is 323 g/mol. The fraction of sp³-hybridized carbons (Fsp3) is 0.500. The Morgan fingerprint density at radius 1 is 1.50 bits per heavy atom. The molecule has 0 saturated carbocycles. The van der Waals surface area contributed by atoms with Crippen molar-refractivity contribution in [3.05, 3.63) is 33.3 Å². The molecule has 1 aromatic carbocycles. The van der Waals surface area contributed by atoms with Crippen molar-refractivity contribution < 1.29 is 0 Å². The highest BCUT2D eigenvalue weighted by Gasteiger charge is 2.06. The van der Waals surface area contributed by atoms with Crippen molar-refractivity contribution in [2.45, 2.75) is 25.9 Å². The van der Waals surface area contributed by atoms with E-state index < -0.39 is 0 Å². The van der Waals surface area contributed by atoms with Gasteiger partial charge in [0, 0.05) is 27.8 Å². The average Bonchev–Trinajstić information content (AvgIpc) is 2.28. The second-order valence-electron chi connectivity index (χ2n) is 3.68. The molecule has 0 aliphatic rings. The van der Waals surface area contributed by atoms with Crippen LogP contribution in [0.5, 0.6) is 0 Å². The summed E-state index contributed by atoms with van der Waals surface area (Å²) in [5.41, 5.74) is 1.21. The predicted octanol–water partition coefficient (Wildman–Crippen LogP) is 4.33. The van der Waals surface area contributed by atoms with Crippen LogP contribution < -0.4 is 5.32 Å². The van der Waals surface area contributed by atoms with Gasteiger partial charge in [0.2, 0.25) is 0 Å². The molecule has 0 aliphatic carbocycles. The summed E-state index contributed by atoms with van der Waals surface area (Å²) in [4.78, 5) is 0. The zero-order chi connectivity index (χ0) is 12.0. The molecule has 1 unspecified atom stereocenters. The maximum absolute atomic E-state index is 5.97. The largest absolute Gasteiger partial charge is 0.309 e. The van der Waals surface area contributed by atoms with Crippen LogP contribution in [-0.2, 0) is 6.54 Å². The Morgan fingerprint density at radius 2 is 2.25 bits per heavy atom. The van der Waals surface area contributed by atoms with Crippen LogP contribution in [0.1, 0.15) is 18.9 Å². The first-order valence-electron chi connectivity index (χ1n) is 5.33. The normalized spacial score (nSPS) is 12.8. The van der Waals surface area contributed by atoms with Gasteiger partial charge in [-0.05, 0) is 36.4 Å². The lowest BCUT2D eigenvalue weighted by Gasteiger charge is -2.16. The van der Waals surface area contributed by atoms with Gasteiger partial charge in [-0.2, -0.15) is 11.8 Å². The highest BCUT2D eigenvalue weighted by Crippen LogP contribution is 2.21. The maximum atomic E-state index is 5.97. The third-order valence-corrected chi connectivity index (χ3v) is 4.19. The van der Waals surface area contributed by atoms with Crippen LogP contribution in [0.2, 0.25) is 5.02 Å². The van der Waals surface area contributed by atoms with Gasteiger partial charge in [0.1, 0.15) is 0 Å². The van der Waals surface area contributed by atoms with Gasteiger partial charge in [0.15, 0.2) is 0 Å². The summed E-state index contributed by atoms with van der Waals surface area (Å²) in [6, 6.07) is 6.47. The topological polar surface area (TPSA) is 12.0 Å². The van der Waals surface area contributed by atoms with Crippen LogP contribution in [0.25, 0.3) is 0 Å². The van der Waals surface area contributed by atoms with Crippen molar-refractivity contribution in [3.63, 3.8) is 0 Å². The fourth-order valence-corrected chi connectivity index (χ4v) is 2.79. The number of hydrogen-bond donors (Lipinski definition) is 1. The lowest BCUT2D eigenvalue weighted by atomic mass is 10.2. The summed E-state index contributed by atoms with van der Waals surface area (Å²) in [5, 5.41) is 4.33. The highest BCUT2D eigenvalue weighted by molar-refractivity contribution is 9.10. The first-order chi connectivity index (χ1) is 7.67. The Bertz CT molecular complexity index is 333. The Morgan fingerprint density at radius 3 is 2.88 bits per heavy atom. The Balaban J connectivity index is 2.55. The van der Waals surface area contributed by atoms with Crippen molar-refractivity contribution in [3.8, 4) is 0 Å². The molecule has 4 heteroatoms. The number of halogens is 2. The molecule has 16 heavy (non-hydrogen) atoms. The summed E-state index contributed by atoms with van der Waals surface area (Å²) >= 11 is 11.4. The van der Waals surface area contributed by atoms with E-state index in [9.17, 15) is 0 Å². The summed E-state index contributed by atoms with van der Waals surface area (Å²) < 4.78 is 1.11. The molecule has 1 nitrogen and oxygen atoms in total. The van der Waals surface area contributed by atoms with Crippen LogP contribution in [0.15, 0.2) is 22.7 Å². The zero-order valence-electron chi connectivity index (χ0n) is 9.59. The van der Waals surface area contributed by atoms with E-state index in [0.717, 1.165) is 28.2 Å². The third-order valence-electron chi connectivity index (χ3n) is 2.45. The summed E-state index contributed by atoms with van der Waals surface area (Å²) in [7, 11) is 0. The number of hydrogen-bond acceptors (Lipinski definition) is 2. The molecule has 90 valence electrons. The van der Waals surface area contributed by atoms with Gasteiger partial charge in [0.25, 0.3) is 0 Å². The van der Waals surface area contributed by atoms with Crippen LogP contribution >= 0.6 is 39.3 Å². The third kappa shape index (κ3) is 4.66. The van der Waals surface area contributed by atoms with E-state index in [1.807, 2.05) is 30.0 Å². The van der Waals surface area contributed by atoms with Crippen LogP contribution in [0.3, 0.4) is 0 Å². The fourth-order valence-electron chi connectivity index (χ4n) is 1.46. The Labute approximate surface area is 115 Å². The van der Waals surface area contributed by atoms with Crippen molar-refractivity contribution >= 4 is 39.3 Å². The Hall–Kier alpha value is 0.300. The standard InChI is InChI=1S/C12H17BrClNS/c1-3-11(8-16-2)15-7-9-6-10(14)4-5-12(9)13/h4-6,11,15H,3,7-8H2,1-2H3. The first kappa shape index (κ1) is 14.4. The van der Waals surface area contributed by atoms with Gasteiger partial charge in [-0.25, -0.2) is 0 Å². The molecule has 0 saturated heterocycles. The van der Waals surface area contributed by atoms with E-state index in [-0.39, 0.29) is 0 Å². The van der Waals surface area contributed by atoms with Gasteiger partial charge in [-0.3, -0.25) is 0 Å². The minimum absolute atomic E-state index is 0.570. The molecule has 1 aromatic rings. The minimum Gasteiger partial charge on any atom is -0.309 e. The van der Waals surface area contributed by atoms with Gasteiger partial charge < -0.3 is 5.32 Å². The van der Waals surface area contributed by atoms with E-state index in [0.29, 0.717) is 6.04 Å². The molecule has 0 aromatic heterocycles. The van der Waals surface area contributed by atoms with Crippen molar-refractivity contribution in [1.82, 2.24) is 5.32 Å². The number of nitrogens with one attached hydrogen (secondary N) is 1. The van der Waals surface area contributed by atoms with E-state index in [1.54, 1.807) is 0 Å². The SMILES string of the molecule is CCC(CSC)NCc1cc(Cl)ccc1Br. The van der Waals surface area contributed by atoms with Crippen molar-refractivity contribution in [2.75, 3.05) is 12.0 Å². The minimum atomic E-state index is 0.570. The molecule has 1 N–H and O–H groups in total. The monoisotopic (exact) mass is 321 g/mol.